The fourth-order valence-electron chi connectivity index (χ4n) is 1.52. The van der Waals surface area contributed by atoms with Crippen LogP contribution in [0.3, 0.4) is 0 Å². The lowest BCUT2D eigenvalue weighted by atomic mass is 10.1. The van der Waals surface area contributed by atoms with E-state index >= 15 is 0 Å². The standard InChI is InChI=1S/C11H12N2O/c1-9-5-11(9,7-12)8-14-10-3-2-4-13-6-10/h2-4,6,9H,5,8H2,1H3/t9-,11-/m1/s1. The summed E-state index contributed by atoms with van der Waals surface area (Å²) in [6, 6.07) is 6.00. The molecule has 1 heterocycles. The molecule has 1 aliphatic carbocycles. The molecule has 1 saturated carbocycles. The summed E-state index contributed by atoms with van der Waals surface area (Å²) in [7, 11) is 0. The van der Waals surface area contributed by atoms with E-state index in [1.54, 1.807) is 12.4 Å². The average molecular weight is 188 g/mol. The molecule has 0 amide bonds. The maximum atomic E-state index is 8.96. The Kier molecular flexibility index (Phi) is 2.12. The number of hydrogen-bond donors (Lipinski definition) is 0. The Bertz CT molecular complexity index is 357. The van der Waals surface area contributed by atoms with E-state index in [0.29, 0.717) is 12.5 Å². The molecule has 1 aromatic rings. The molecule has 0 aliphatic heterocycles. The molecule has 1 aliphatic rings. The zero-order valence-electron chi connectivity index (χ0n) is 8.10. The van der Waals surface area contributed by atoms with Crippen molar-refractivity contribution in [3.05, 3.63) is 24.5 Å². The monoisotopic (exact) mass is 188 g/mol. The number of nitrogens with zero attached hydrogens (tertiary/aromatic N) is 2. The molecule has 72 valence electrons. The highest BCUT2D eigenvalue weighted by Crippen LogP contribution is 2.51. The summed E-state index contributed by atoms with van der Waals surface area (Å²) in [6.45, 7) is 2.56. The van der Waals surface area contributed by atoms with Crippen LogP contribution in [0.5, 0.6) is 5.75 Å². The third kappa shape index (κ3) is 1.56. The van der Waals surface area contributed by atoms with Crippen molar-refractivity contribution in [1.29, 1.82) is 5.26 Å². The summed E-state index contributed by atoms with van der Waals surface area (Å²) in [4.78, 5) is 3.94. The molecule has 0 N–H and O–H groups in total. The van der Waals surface area contributed by atoms with Gasteiger partial charge in [0, 0.05) is 6.20 Å². The van der Waals surface area contributed by atoms with Gasteiger partial charge in [0.15, 0.2) is 0 Å². The molecule has 0 aromatic carbocycles. The van der Waals surface area contributed by atoms with Gasteiger partial charge in [-0.25, -0.2) is 0 Å². The molecule has 3 heteroatoms. The highest BCUT2D eigenvalue weighted by atomic mass is 16.5. The molecule has 0 radical (unpaired) electrons. The molecular formula is C11H12N2O. The van der Waals surface area contributed by atoms with Crippen LogP contribution in [0.1, 0.15) is 13.3 Å². The minimum absolute atomic E-state index is 0.240. The molecule has 0 saturated heterocycles. The fourth-order valence-corrected chi connectivity index (χ4v) is 1.52. The predicted octanol–water partition coefficient (Wildman–Crippen LogP) is 2.01. The lowest BCUT2D eigenvalue weighted by molar-refractivity contribution is 0.259. The van der Waals surface area contributed by atoms with E-state index in [0.717, 1.165) is 12.2 Å². The number of ether oxygens (including phenoxy) is 1. The molecular weight excluding hydrogens is 176 g/mol. The van der Waals surface area contributed by atoms with E-state index in [1.165, 1.54) is 0 Å². The Balaban J connectivity index is 1.93. The molecule has 3 nitrogen and oxygen atoms in total. The van der Waals surface area contributed by atoms with Crippen molar-refractivity contribution < 1.29 is 4.74 Å². The van der Waals surface area contributed by atoms with Crippen LogP contribution in [0, 0.1) is 22.7 Å². The maximum Gasteiger partial charge on any atom is 0.137 e. The largest absolute Gasteiger partial charge is 0.490 e. The Morgan fingerprint density at radius 3 is 3.07 bits per heavy atom. The van der Waals surface area contributed by atoms with Gasteiger partial charge in [-0.15, -0.1) is 0 Å². The van der Waals surface area contributed by atoms with E-state index in [4.69, 9.17) is 10.00 Å². The van der Waals surface area contributed by atoms with Gasteiger partial charge in [0.1, 0.15) is 12.4 Å². The van der Waals surface area contributed by atoms with Gasteiger partial charge >= 0.3 is 0 Å². The molecule has 14 heavy (non-hydrogen) atoms. The summed E-state index contributed by atoms with van der Waals surface area (Å²) in [5.74, 6) is 1.20. The van der Waals surface area contributed by atoms with Crippen molar-refractivity contribution in [3.8, 4) is 11.8 Å². The van der Waals surface area contributed by atoms with Gasteiger partial charge in [0.05, 0.1) is 17.7 Å². The number of rotatable bonds is 3. The minimum atomic E-state index is -0.240. The summed E-state index contributed by atoms with van der Waals surface area (Å²) < 4.78 is 5.51. The van der Waals surface area contributed by atoms with Crippen molar-refractivity contribution in [2.75, 3.05) is 6.61 Å². The van der Waals surface area contributed by atoms with Crippen molar-refractivity contribution >= 4 is 0 Å². The second-order valence-corrected chi connectivity index (χ2v) is 3.85. The van der Waals surface area contributed by atoms with Crippen molar-refractivity contribution in [2.45, 2.75) is 13.3 Å². The van der Waals surface area contributed by atoms with Crippen LogP contribution < -0.4 is 4.74 Å². The smallest absolute Gasteiger partial charge is 0.137 e. The first-order valence-corrected chi connectivity index (χ1v) is 4.71. The quantitative estimate of drug-likeness (QED) is 0.728. The lowest BCUT2D eigenvalue weighted by Gasteiger charge is -2.09. The van der Waals surface area contributed by atoms with Gasteiger partial charge in [-0.2, -0.15) is 5.26 Å². The number of nitriles is 1. The van der Waals surface area contributed by atoms with Crippen LogP contribution in [0.2, 0.25) is 0 Å². The summed E-state index contributed by atoms with van der Waals surface area (Å²) >= 11 is 0. The molecule has 1 fully saturated rings. The zero-order valence-corrected chi connectivity index (χ0v) is 8.10. The normalized spacial score (nSPS) is 29.3. The zero-order chi connectivity index (χ0) is 10.0. The van der Waals surface area contributed by atoms with Gasteiger partial charge in [-0.1, -0.05) is 6.92 Å². The van der Waals surface area contributed by atoms with Gasteiger partial charge in [0.25, 0.3) is 0 Å². The first-order chi connectivity index (χ1) is 6.77. The fraction of sp³-hybridized carbons (Fsp3) is 0.455. The lowest BCUT2D eigenvalue weighted by Crippen LogP contribution is -2.12. The van der Waals surface area contributed by atoms with Gasteiger partial charge in [-0.05, 0) is 24.5 Å². The van der Waals surface area contributed by atoms with E-state index in [2.05, 4.69) is 18.0 Å². The molecule has 0 spiro atoms. The molecule has 1 aromatic heterocycles. The minimum Gasteiger partial charge on any atom is -0.490 e. The summed E-state index contributed by atoms with van der Waals surface area (Å²) in [6.07, 6.45) is 4.31. The van der Waals surface area contributed by atoms with Crippen molar-refractivity contribution in [1.82, 2.24) is 4.98 Å². The van der Waals surface area contributed by atoms with Crippen LogP contribution in [0.15, 0.2) is 24.5 Å². The Morgan fingerprint density at radius 2 is 2.57 bits per heavy atom. The highest BCUT2D eigenvalue weighted by molar-refractivity contribution is 5.19. The van der Waals surface area contributed by atoms with Crippen LogP contribution >= 0.6 is 0 Å². The van der Waals surface area contributed by atoms with Crippen LogP contribution in [-0.4, -0.2) is 11.6 Å². The SMILES string of the molecule is C[C@@H]1C[C@@]1(C#N)COc1cccnc1. The third-order valence-corrected chi connectivity index (χ3v) is 2.81. The first kappa shape index (κ1) is 9.01. The van der Waals surface area contributed by atoms with E-state index < -0.39 is 0 Å². The Labute approximate surface area is 83.3 Å². The van der Waals surface area contributed by atoms with Gasteiger partial charge < -0.3 is 4.74 Å². The van der Waals surface area contributed by atoms with E-state index in [9.17, 15) is 0 Å². The van der Waals surface area contributed by atoms with Crippen molar-refractivity contribution in [3.63, 3.8) is 0 Å². The third-order valence-electron chi connectivity index (χ3n) is 2.81. The Hall–Kier alpha value is -1.56. The van der Waals surface area contributed by atoms with E-state index in [-0.39, 0.29) is 5.41 Å². The number of pyridine rings is 1. The predicted molar refractivity (Wildman–Crippen MR) is 51.6 cm³/mol. The maximum absolute atomic E-state index is 8.96. The van der Waals surface area contributed by atoms with Crippen LogP contribution in [0.25, 0.3) is 0 Å². The summed E-state index contributed by atoms with van der Waals surface area (Å²) in [5.41, 5.74) is -0.240. The molecule has 2 rings (SSSR count). The molecule has 0 unspecified atom stereocenters. The Morgan fingerprint density at radius 1 is 1.79 bits per heavy atom. The average Bonchev–Trinajstić information content (AvgIpc) is 2.89. The van der Waals surface area contributed by atoms with Gasteiger partial charge in [0.2, 0.25) is 0 Å². The van der Waals surface area contributed by atoms with Gasteiger partial charge in [-0.3, -0.25) is 4.98 Å². The topological polar surface area (TPSA) is 45.9 Å². The summed E-state index contributed by atoms with van der Waals surface area (Å²) in [5, 5.41) is 8.96. The van der Waals surface area contributed by atoms with Crippen LogP contribution in [0.4, 0.5) is 0 Å². The van der Waals surface area contributed by atoms with Crippen molar-refractivity contribution in [2.24, 2.45) is 11.3 Å². The molecule has 0 bridgehead atoms. The second kappa shape index (κ2) is 3.30. The first-order valence-electron chi connectivity index (χ1n) is 4.71. The highest BCUT2D eigenvalue weighted by Gasteiger charge is 2.52. The number of hydrogen-bond acceptors (Lipinski definition) is 3. The van der Waals surface area contributed by atoms with Crippen LogP contribution in [-0.2, 0) is 0 Å². The second-order valence-electron chi connectivity index (χ2n) is 3.85. The van der Waals surface area contributed by atoms with E-state index in [1.807, 2.05) is 12.1 Å². The number of aromatic nitrogens is 1. The molecule has 2 atom stereocenters.